The molecule has 0 radical (unpaired) electrons. The Labute approximate surface area is 194 Å². The van der Waals surface area contributed by atoms with Crippen LogP contribution >= 0.6 is 0 Å². The highest BCUT2D eigenvalue weighted by molar-refractivity contribution is 5.77. The van der Waals surface area contributed by atoms with E-state index in [0.717, 1.165) is 6.07 Å². The van der Waals surface area contributed by atoms with Crippen molar-refractivity contribution in [2.75, 3.05) is 0 Å². The minimum atomic E-state index is -0.665. The number of phenolic OH excluding ortho intramolecular Hbond substituents is 2. The molecule has 0 fully saturated rings. The van der Waals surface area contributed by atoms with Crippen molar-refractivity contribution in [2.24, 2.45) is 10.2 Å². The van der Waals surface area contributed by atoms with Gasteiger partial charge in [-0.05, 0) is 29.8 Å². The number of furan rings is 1. The zero-order valence-corrected chi connectivity index (χ0v) is 18.2. The summed E-state index contributed by atoms with van der Waals surface area (Å²) in [6, 6.07) is 14.1. The van der Waals surface area contributed by atoms with E-state index < -0.39 is 11.9 Å². The van der Waals surface area contributed by atoms with Crippen LogP contribution in [0.2, 0.25) is 0 Å². The maximum atomic E-state index is 11.5. The van der Waals surface area contributed by atoms with Crippen LogP contribution in [-0.2, 0) is 20.7 Å². The molecule has 0 aliphatic rings. The standard InChI is InChI=1S/C24H19N3O7/c1-14(28)33-23-12-20(30)17(11-21(23)31)10-16-6-3-4-7-18(16)26-27-19(13-25)24(34-15(2)29)22-8-5-9-32-22/h3-9,11-12,30-31H,10H2,1-2H3. The molecule has 0 aliphatic heterocycles. The van der Waals surface area contributed by atoms with Gasteiger partial charge in [0.15, 0.2) is 17.3 Å². The van der Waals surface area contributed by atoms with Gasteiger partial charge < -0.3 is 24.1 Å². The highest BCUT2D eigenvalue weighted by Gasteiger charge is 2.17. The number of hydrogen-bond donors (Lipinski definition) is 2. The van der Waals surface area contributed by atoms with E-state index in [-0.39, 0.29) is 40.9 Å². The predicted molar refractivity (Wildman–Crippen MR) is 118 cm³/mol. The molecule has 10 nitrogen and oxygen atoms in total. The van der Waals surface area contributed by atoms with Crippen LogP contribution in [0.3, 0.4) is 0 Å². The summed E-state index contributed by atoms with van der Waals surface area (Å²) in [5.74, 6) is -2.03. The van der Waals surface area contributed by atoms with E-state index in [1.807, 2.05) is 6.07 Å². The molecule has 0 spiro atoms. The summed E-state index contributed by atoms with van der Waals surface area (Å²) < 4.78 is 15.2. The average molecular weight is 461 g/mol. The quantitative estimate of drug-likeness (QED) is 0.128. The summed E-state index contributed by atoms with van der Waals surface area (Å²) in [6.45, 7) is 2.35. The lowest BCUT2D eigenvalue weighted by molar-refractivity contribution is -0.134. The minimum absolute atomic E-state index is 0.132. The topological polar surface area (TPSA) is 155 Å². The van der Waals surface area contributed by atoms with Crippen LogP contribution in [0.25, 0.3) is 5.76 Å². The number of aromatic hydroxyl groups is 2. The molecule has 0 bridgehead atoms. The normalized spacial score (nSPS) is 11.6. The minimum Gasteiger partial charge on any atom is -0.508 e. The van der Waals surface area contributed by atoms with E-state index in [1.54, 1.807) is 30.3 Å². The number of phenols is 2. The molecule has 0 saturated carbocycles. The van der Waals surface area contributed by atoms with Crippen molar-refractivity contribution < 1.29 is 33.7 Å². The van der Waals surface area contributed by atoms with Crippen molar-refractivity contribution in [1.29, 1.82) is 5.26 Å². The first-order valence-corrected chi connectivity index (χ1v) is 9.88. The SMILES string of the molecule is CC(=O)OC(=C(C#N)N=Nc1ccccc1Cc1cc(O)c(OC(C)=O)cc1O)c1ccco1. The summed E-state index contributed by atoms with van der Waals surface area (Å²) in [5.41, 5.74) is 1.01. The van der Waals surface area contributed by atoms with Crippen LogP contribution in [0.5, 0.6) is 17.2 Å². The molecule has 0 unspecified atom stereocenters. The molecule has 1 heterocycles. The second-order valence-corrected chi connectivity index (χ2v) is 6.91. The molecule has 0 atom stereocenters. The van der Waals surface area contributed by atoms with Gasteiger partial charge in [-0.15, -0.1) is 10.2 Å². The molecule has 2 N–H and O–H groups in total. The van der Waals surface area contributed by atoms with Crippen LogP contribution in [0, 0.1) is 11.3 Å². The summed E-state index contributed by atoms with van der Waals surface area (Å²) >= 11 is 0. The van der Waals surface area contributed by atoms with E-state index in [9.17, 15) is 25.1 Å². The van der Waals surface area contributed by atoms with Gasteiger partial charge in [-0.25, -0.2) is 0 Å². The Morgan fingerprint density at radius 1 is 1.03 bits per heavy atom. The number of nitrogens with zero attached hydrogens (tertiary/aromatic N) is 3. The molecule has 0 amide bonds. The summed E-state index contributed by atoms with van der Waals surface area (Å²) in [7, 11) is 0. The van der Waals surface area contributed by atoms with Crippen LogP contribution in [0.1, 0.15) is 30.7 Å². The molecule has 1 aromatic heterocycles. The highest BCUT2D eigenvalue weighted by atomic mass is 16.5. The lowest BCUT2D eigenvalue weighted by Crippen LogP contribution is -2.02. The third-order valence-corrected chi connectivity index (χ3v) is 4.36. The number of nitriles is 1. The van der Waals surface area contributed by atoms with Crippen molar-refractivity contribution in [2.45, 2.75) is 20.3 Å². The highest BCUT2D eigenvalue weighted by Crippen LogP contribution is 2.36. The number of ether oxygens (including phenoxy) is 2. The fourth-order valence-electron chi connectivity index (χ4n) is 2.93. The van der Waals surface area contributed by atoms with Gasteiger partial charge in [0.1, 0.15) is 11.8 Å². The van der Waals surface area contributed by atoms with E-state index in [4.69, 9.17) is 13.9 Å². The molecular weight excluding hydrogens is 442 g/mol. The van der Waals surface area contributed by atoms with Crippen LogP contribution < -0.4 is 4.74 Å². The summed E-state index contributed by atoms with van der Waals surface area (Å²) in [5, 5.41) is 38.1. The Balaban J connectivity index is 1.95. The molecule has 2 aromatic carbocycles. The first-order chi connectivity index (χ1) is 16.3. The Bertz CT molecular complexity index is 1320. The Morgan fingerprint density at radius 3 is 2.44 bits per heavy atom. The van der Waals surface area contributed by atoms with E-state index >= 15 is 0 Å². The van der Waals surface area contributed by atoms with Crippen molar-refractivity contribution in [3.8, 4) is 23.3 Å². The van der Waals surface area contributed by atoms with Gasteiger partial charge >= 0.3 is 11.9 Å². The van der Waals surface area contributed by atoms with Crippen molar-refractivity contribution in [3.05, 3.63) is 77.4 Å². The maximum absolute atomic E-state index is 11.5. The Morgan fingerprint density at radius 2 is 1.79 bits per heavy atom. The van der Waals surface area contributed by atoms with E-state index in [0.29, 0.717) is 16.8 Å². The van der Waals surface area contributed by atoms with Gasteiger partial charge in [0.05, 0.1) is 12.0 Å². The second kappa shape index (κ2) is 10.6. The molecule has 0 aliphatic carbocycles. The van der Waals surface area contributed by atoms with Crippen LogP contribution in [0.4, 0.5) is 5.69 Å². The fourth-order valence-corrected chi connectivity index (χ4v) is 2.93. The third-order valence-electron chi connectivity index (χ3n) is 4.36. The molecule has 10 heteroatoms. The average Bonchev–Trinajstić information content (AvgIpc) is 3.32. The van der Waals surface area contributed by atoms with Crippen molar-refractivity contribution in [3.63, 3.8) is 0 Å². The molecule has 3 aromatic rings. The van der Waals surface area contributed by atoms with E-state index in [1.165, 1.54) is 32.2 Å². The number of allylic oxidation sites excluding steroid dienone is 1. The van der Waals surface area contributed by atoms with Crippen LogP contribution in [0.15, 0.2) is 75.1 Å². The first kappa shape index (κ1) is 23.7. The molecule has 0 saturated heterocycles. The van der Waals surface area contributed by atoms with Gasteiger partial charge in [-0.3, -0.25) is 9.59 Å². The molecular formula is C24H19N3O7. The summed E-state index contributed by atoms with van der Waals surface area (Å²) in [4.78, 5) is 22.6. The first-order valence-electron chi connectivity index (χ1n) is 9.88. The second-order valence-electron chi connectivity index (χ2n) is 6.91. The van der Waals surface area contributed by atoms with Gasteiger partial charge in [-0.1, -0.05) is 18.2 Å². The number of benzene rings is 2. The molecule has 34 heavy (non-hydrogen) atoms. The third kappa shape index (κ3) is 5.86. The summed E-state index contributed by atoms with van der Waals surface area (Å²) in [6.07, 6.45) is 1.49. The maximum Gasteiger partial charge on any atom is 0.308 e. The van der Waals surface area contributed by atoms with Crippen LogP contribution in [-0.4, -0.2) is 22.2 Å². The van der Waals surface area contributed by atoms with Crippen molar-refractivity contribution in [1.82, 2.24) is 0 Å². The number of azo groups is 1. The Kier molecular flexibility index (Phi) is 7.41. The number of carbonyl (C=O) groups excluding carboxylic acids is 2. The van der Waals surface area contributed by atoms with Gasteiger partial charge in [0.2, 0.25) is 11.5 Å². The zero-order valence-electron chi connectivity index (χ0n) is 18.2. The number of esters is 2. The van der Waals surface area contributed by atoms with E-state index in [2.05, 4.69) is 10.2 Å². The lowest BCUT2D eigenvalue weighted by Gasteiger charge is -2.11. The molecule has 3 rings (SSSR count). The fraction of sp³-hybridized carbons (Fsp3) is 0.125. The zero-order chi connectivity index (χ0) is 24.7. The number of rotatable bonds is 7. The van der Waals surface area contributed by atoms with Crippen molar-refractivity contribution >= 4 is 23.4 Å². The Hall–Kier alpha value is -4.91. The number of hydrogen-bond acceptors (Lipinski definition) is 10. The van der Waals surface area contributed by atoms with Gasteiger partial charge in [0.25, 0.3) is 0 Å². The lowest BCUT2D eigenvalue weighted by atomic mass is 10.0. The number of carbonyl (C=O) groups is 2. The predicted octanol–water partition coefficient (Wildman–Crippen LogP) is 4.75. The largest absolute Gasteiger partial charge is 0.508 e. The molecule has 172 valence electrons. The smallest absolute Gasteiger partial charge is 0.308 e. The van der Waals surface area contributed by atoms with Gasteiger partial charge in [-0.2, -0.15) is 5.26 Å². The van der Waals surface area contributed by atoms with Gasteiger partial charge in [0, 0.05) is 31.9 Å². The monoisotopic (exact) mass is 461 g/mol.